The predicted molar refractivity (Wildman–Crippen MR) is 104 cm³/mol. The Labute approximate surface area is 174 Å². The summed E-state index contributed by atoms with van der Waals surface area (Å²) < 4.78 is 48.4. The average Bonchev–Trinajstić information content (AvgIpc) is 3.36. The molecule has 0 aliphatic carbocycles. The summed E-state index contributed by atoms with van der Waals surface area (Å²) in [5.74, 6) is -0.0378. The first-order valence-corrected chi connectivity index (χ1v) is 9.13. The number of hydrogen-bond donors (Lipinski definition) is 1. The number of methoxy groups -OCH3 is 1. The normalized spacial score (nSPS) is 11.6. The van der Waals surface area contributed by atoms with Crippen LogP contribution in [-0.4, -0.2) is 37.4 Å². The van der Waals surface area contributed by atoms with Crippen LogP contribution in [0.25, 0.3) is 16.9 Å². The molecule has 0 saturated heterocycles. The molecule has 0 radical (unpaired) electrons. The van der Waals surface area contributed by atoms with Crippen LogP contribution >= 0.6 is 0 Å². The number of ether oxygens (including phenoxy) is 1. The fourth-order valence-corrected chi connectivity index (χ4v) is 3.08. The quantitative estimate of drug-likeness (QED) is 0.526. The Hall–Kier alpha value is -3.89. The van der Waals surface area contributed by atoms with Crippen LogP contribution in [0.2, 0.25) is 0 Å². The lowest BCUT2D eigenvalue weighted by atomic mass is 10.1. The van der Waals surface area contributed by atoms with Gasteiger partial charge in [0.2, 0.25) is 0 Å². The molecule has 0 aliphatic heterocycles. The third-order valence-corrected chi connectivity index (χ3v) is 4.75. The standard InChI is InChI=1S/C20H17F3N6O2/c1-28-13(7-8-25-28)10-24-19(30)15-11-26-29-17(20(21,22)23)9-16(27-18(15)29)12-3-5-14(31-2)6-4-12/h3-9,11H,10H2,1-2H3,(H,24,30). The van der Waals surface area contributed by atoms with Gasteiger partial charge in [-0.15, -0.1) is 0 Å². The summed E-state index contributed by atoms with van der Waals surface area (Å²) in [6, 6.07) is 9.04. The van der Waals surface area contributed by atoms with Crippen molar-refractivity contribution in [2.45, 2.75) is 12.7 Å². The molecule has 1 aromatic carbocycles. The highest BCUT2D eigenvalue weighted by Crippen LogP contribution is 2.33. The zero-order valence-electron chi connectivity index (χ0n) is 16.5. The van der Waals surface area contributed by atoms with Crippen LogP contribution in [0.15, 0.2) is 48.8 Å². The number of fused-ring (bicyclic) bond motifs is 1. The largest absolute Gasteiger partial charge is 0.497 e. The number of carbonyl (C=O) groups excluding carboxylic acids is 1. The van der Waals surface area contributed by atoms with E-state index in [-0.39, 0.29) is 23.4 Å². The van der Waals surface area contributed by atoms with Crippen molar-refractivity contribution in [1.82, 2.24) is 29.7 Å². The van der Waals surface area contributed by atoms with Crippen LogP contribution in [-0.2, 0) is 19.8 Å². The van der Waals surface area contributed by atoms with Gasteiger partial charge in [-0.25, -0.2) is 9.50 Å². The van der Waals surface area contributed by atoms with Crippen LogP contribution in [0.4, 0.5) is 13.2 Å². The van der Waals surface area contributed by atoms with Crippen LogP contribution in [0.1, 0.15) is 21.7 Å². The molecular weight excluding hydrogens is 413 g/mol. The number of carbonyl (C=O) groups is 1. The molecule has 0 bridgehead atoms. The number of amides is 1. The minimum atomic E-state index is -4.70. The Morgan fingerprint density at radius 3 is 2.52 bits per heavy atom. The maximum absolute atomic E-state index is 13.7. The summed E-state index contributed by atoms with van der Waals surface area (Å²) in [4.78, 5) is 17.0. The smallest absolute Gasteiger partial charge is 0.433 e. The van der Waals surface area contributed by atoms with Gasteiger partial charge in [0.1, 0.15) is 11.3 Å². The lowest BCUT2D eigenvalue weighted by Crippen LogP contribution is -2.24. The Balaban J connectivity index is 1.76. The van der Waals surface area contributed by atoms with E-state index in [1.165, 1.54) is 7.11 Å². The molecule has 3 heterocycles. The SMILES string of the molecule is COc1ccc(-c2cc(C(F)(F)F)n3ncc(C(=O)NCc4ccnn4C)c3n2)cc1. The monoisotopic (exact) mass is 430 g/mol. The lowest BCUT2D eigenvalue weighted by Gasteiger charge is -2.12. The van der Waals surface area contributed by atoms with Gasteiger partial charge in [-0.1, -0.05) is 0 Å². The highest BCUT2D eigenvalue weighted by Gasteiger charge is 2.36. The van der Waals surface area contributed by atoms with E-state index in [4.69, 9.17) is 4.74 Å². The first kappa shape index (κ1) is 20.4. The minimum absolute atomic E-state index is 0.0589. The van der Waals surface area contributed by atoms with Gasteiger partial charge in [-0.3, -0.25) is 9.48 Å². The van der Waals surface area contributed by atoms with E-state index in [0.717, 1.165) is 18.0 Å². The van der Waals surface area contributed by atoms with E-state index in [0.29, 0.717) is 15.8 Å². The van der Waals surface area contributed by atoms with Crippen molar-refractivity contribution in [2.24, 2.45) is 7.05 Å². The van der Waals surface area contributed by atoms with E-state index >= 15 is 0 Å². The number of halogens is 3. The van der Waals surface area contributed by atoms with E-state index in [1.54, 1.807) is 48.3 Å². The van der Waals surface area contributed by atoms with Crippen molar-refractivity contribution in [3.8, 4) is 17.0 Å². The number of rotatable bonds is 5. The average molecular weight is 430 g/mol. The summed E-state index contributed by atoms with van der Waals surface area (Å²) >= 11 is 0. The third-order valence-electron chi connectivity index (χ3n) is 4.75. The maximum Gasteiger partial charge on any atom is 0.433 e. The van der Waals surface area contributed by atoms with Crippen molar-refractivity contribution < 1.29 is 22.7 Å². The van der Waals surface area contributed by atoms with Crippen molar-refractivity contribution in [2.75, 3.05) is 7.11 Å². The molecule has 1 amide bonds. The molecule has 0 unspecified atom stereocenters. The van der Waals surface area contributed by atoms with Crippen LogP contribution < -0.4 is 10.1 Å². The highest BCUT2D eigenvalue weighted by molar-refractivity contribution is 5.99. The number of nitrogens with zero attached hydrogens (tertiary/aromatic N) is 5. The van der Waals surface area contributed by atoms with E-state index in [1.807, 2.05) is 0 Å². The van der Waals surface area contributed by atoms with Gasteiger partial charge in [0, 0.05) is 18.8 Å². The molecule has 4 rings (SSSR count). The molecule has 31 heavy (non-hydrogen) atoms. The predicted octanol–water partition coefficient (Wildman–Crippen LogP) is 3.09. The molecule has 8 nitrogen and oxygen atoms in total. The van der Waals surface area contributed by atoms with Gasteiger partial charge in [-0.2, -0.15) is 23.4 Å². The molecular formula is C20H17F3N6O2. The van der Waals surface area contributed by atoms with Crippen LogP contribution in [0.5, 0.6) is 5.75 Å². The second-order valence-corrected chi connectivity index (χ2v) is 6.68. The fourth-order valence-electron chi connectivity index (χ4n) is 3.08. The number of hydrogen-bond acceptors (Lipinski definition) is 5. The van der Waals surface area contributed by atoms with Crippen molar-refractivity contribution in [1.29, 1.82) is 0 Å². The first-order valence-electron chi connectivity index (χ1n) is 9.13. The second kappa shape index (κ2) is 7.74. The second-order valence-electron chi connectivity index (χ2n) is 6.68. The van der Waals surface area contributed by atoms with Gasteiger partial charge >= 0.3 is 6.18 Å². The molecule has 160 valence electrons. The Bertz CT molecular complexity index is 1240. The van der Waals surface area contributed by atoms with Crippen molar-refractivity contribution >= 4 is 11.6 Å². The third kappa shape index (κ3) is 3.93. The summed E-state index contributed by atoms with van der Waals surface area (Å²) in [5.41, 5.74) is -0.0622. The molecule has 1 N–H and O–H groups in total. The summed E-state index contributed by atoms with van der Waals surface area (Å²) in [6.07, 6.45) is -2.04. The first-order chi connectivity index (χ1) is 14.8. The number of benzene rings is 1. The van der Waals surface area contributed by atoms with Gasteiger partial charge in [0.05, 0.1) is 31.2 Å². The van der Waals surface area contributed by atoms with Gasteiger partial charge in [0.15, 0.2) is 11.3 Å². The van der Waals surface area contributed by atoms with Crippen LogP contribution in [0.3, 0.4) is 0 Å². The Morgan fingerprint density at radius 2 is 1.90 bits per heavy atom. The fraction of sp³-hybridized carbons (Fsp3) is 0.200. The summed E-state index contributed by atoms with van der Waals surface area (Å²) in [5, 5.41) is 10.4. The van der Waals surface area contributed by atoms with Crippen LogP contribution in [0, 0.1) is 0 Å². The number of aromatic nitrogens is 5. The highest BCUT2D eigenvalue weighted by atomic mass is 19.4. The zero-order chi connectivity index (χ0) is 22.2. The molecule has 0 spiro atoms. The van der Waals surface area contributed by atoms with E-state index in [2.05, 4.69) is 20.5 Å². The van der Waals surface area contributed by atoms with Gasteiger partial charge < -0.3 is 10.1 Å². The number of alkyl halides is 3. The molecule has 0 saturated carbocycles. The number of aryl methyl sites for hydroxylation is 1. The molecule has 11 heteroatoms. The van der Waals surface area contributed by atoms with Gasteiger partial charge in [0.25, 0.3) is 5.91 Å². The van der Waals surface area contributed by atoms with E-state index < -0.39 is 17.8 Å². The zero-order valence-corrected chi connectivity index (χ0v) is 16.5. The molecule has 0 fully saturated rings. The summed E-state index contributed by atoms with van der Waals surface area (Å²) in [6.45, 7) is 0.150. The molecule has 0 atom stereocenters. The minimum Gasteiger partial charge on any atom is -0.497 e. The topological polar surface area (TPSA) is 86.3 Å². The summed E-state index contributed by atoms with van der Waals surface area (Å²) in [7, 11) is 3.21. The maximum atomic E-state index is 13.7. The van der Waals surface area contributed by atoms with Gasteiger partial charge in [-0.05, 0) is 36.4 Å². The lowest BCUT2D eigenvalue weighted by molar-refractivity contribution is -0.142. The molecule has 0 aliphatic rings. The molecule has 4 aromatic rings. The number of nitrogens with one attached hydrogen (secondary N) is 1. The van der Waals surface area contributed by atoms with E-state index in [9.17, 15) is 18.0 Å². The molecule has 3 aromatic heterocycles. The van der Waals surface area contributed by atoms with Crippen molar-refractivity contribution in [3.05, 3.63) is 65.7 Å². The Morgan fingerprint density at radius 1 is 1.16 bits per heavy atom. The Kier molecular flexibility index (Phi) is 5.09. The van der Waals surface area contributed by atoms with Crippen molar-refractivity contribution in [3.63, 3.8) is 0 Å².